The molecule has 0 unspecified atom stereocenters. The van der Waals surface area contributed by atoms with Gasteiger partial charge in [0.1, 0.15) is 0 Å². The van der Waals surface area contributed by atoms with Crippen molar-refractivity contribution in [1.82, 2.24) is 0 Å². The maximum atomic E-state index is 13.1. The maximum Gasteiger partial charge on any atom is 0.252 e. The van der Waals surface area contributed by atoms with Gasteiger partial charge in [-0.15, -0.1) is 0 Å². The number of rotatable bonds is 0. The molecule has 0 amide bonds. The van der Waals surface area contributed by atoms with E-state index in [1.165, 1.54) is 0 Å². The summed E-state index contributed by atoms with van der Waals surface area (Å²) in [4.78, 5) is 0. The number of hydrogen-bond donors (Lipinski definition) is 0. The van der Waals surface area contributed by atoms with Crippen molar-refractivity contribution in [2.75, 3.05) is 0 Å². The SMILES string of the molecule is FC1(F)CCCc2ccccc2C1. The smallest absolute Gasteiger partial charge is 0.207 e. The van der Waals surface area contributed by atoms with Crippen molar-refractivity contribution in [3.05, 3.63) is 35.4 Å². The van der Waals surface area contributed by atoms with Gasteiger partial charge in [0.15, 0.2) is 0 Å². The molecule has 0 saturated carbocycles. The van der Waals surface area contributed by atoms with E-state index in [4.69, 9.17) is 0 Å². The molecule has 1 aliphatic carbocycles. The molecule has 0 atom stereocenters. The van der Waals surface area contributed by atoms with Gasteiger partial charge in [0.2, 0.25) is 0 Å². The van der Waals surface area contributed by atoms with E-state index >= 15 is 0 Å². The Bertz CT molecular complexity index is 305. The van der Waals surface area contributed by atoms with Gasteiger partial charge < -0.3 is 0 Å². The van der Waals surface area contributed by atoms with Crippen LogP contribution >= 0.6 is 0 Å². The van der Waals surface area contributed by atoms with Crippen LogP contribution in [0.25, 0.3) is 0 Å². The topological polar surface area (TPSA) is 0 Å². The number of fused-ring (bicyclic) bond motifs is 1. The van der Waals surface area contributed by atoms with Crippen molar-refractivity contribution >= 4 is 0 Å². The van der Waals surface area contributed by atoms with Gasteiger partial charge in [0.05, 0.1) is 0 Å². The summed E-state index contributed by atoms with van der Waals surface area (Å²) in [6, 6.07) is 7.52. The number of halogens is 2. The zero-order valence-electron chi connectivity index (χ0n) is 7.39. The van der Waals surface area contributed by atoms with E-state index in [0.717, 1.165) is 17.5 Å². The highest BCUT2D eigenvalue weighted by Gasteiger charge is 2.31. The van der Waals surface area contributed by atoms with Crippen LogP contribution in [-0.4, -0.2) is 5.92 Å². The van der Waals surface area contributed by atoms with E-state index in [1.54, 1.807) is 0 Å². The fraction of sp³-hybridized carbons (Fsp3) is 0.455. The summed E-state index contributed by atoms with van der Waals surface area (Å²) >= 11 is 0. The minimum atomic E-state index is -2.49. The highest BCUT2D eigenvalue weighted by molar-refractivity contribution is 5.29. The summed E-state index contributed by atoms with van der Waals surface area (Å²) in [6.07, 6.45) is 1.35. The van der Waals surface area contributed by atoms with E-state index in [2.05, 4.69) is 0 Å². The van der Waals surface area contributed by atoms with Crippen LogP contribution in [0.2, 0.25) is 0 Å². The van der Waals surface area contributed by atoms with E-state index in [9.17, 15) is 8.78 Å². The molecule has 13 heavy (non-hydrogen) atoms. The molecule has 2 rings (SSSR count). The standard InChI is InChI=1S/C11H12F2/c12-11(13)7-3-6-9-4-1-2-5-10(9)8-11/h1-2,4-5H,3,6-8H2. The minimum Gasteiger partial charge on any atom is -0.207 e. The Balaban J connectivity index is 2.34. The highest BCUT2D eigenvalue weighted by Crippen LogP contribution is 2.31. The molecule has 1 aliphatic rings. The van der Waals surface area contributed by atoms with Gasteiger partial charge in [-0.25, -0.2) is 8.78 Å². The largest absolute Gasteiger partial charge is 0.252 e. The first kappa shape index (κ1) is 8.67. The lowest BCUT2D eigenvalue weighted by Crippen LogP contribution is -2.17. The molecule has 0 spiro atoms. The molecule has 1 aromatic carbocycles. The van der Waals surface area contributed by atoms with Crippen LogP contribution in [0.3, 0.4) is 0 Å². The molecule has 0 saturated heterocycles. The predicted octanol–water partition coefficient (Wildman–Crippen LogP) is 3.20. The van der Waals surface area contributed by atoms with Gasteiger partial charge in [-0.2, -0.15) is 0 Å². The van der Waals surface area contributed by atoms with Crippen molar-refractivity contribution < 1.29 is 8.78 Å². The molecule has 70 valence electrons. The summed E-state index contributed by atoms with van der Waals surface area (Å²) < 4.78 is 26.3. The first-order valence-corrected chi connectivity index (χ1v) is 4.62. The van der Waals surface area contributed by atoms with Crippen molar-refractivity contribution in [3.63, 3.8) is 0 Å². The Labute approximate surface area is 76.6 Å². The fourth-order valence-corrected chi connectivity index (χ4v) is 1.88. The second-order valence-electron chi connectivity index (χ2n) is 3.65. The third-order valence-electron chi connectivity index (χ3n) is 2.56. The van der Waals surface area contributed by atoms with Crippen LogP contribution in [0.4, 0.5) is 8.78 Å². The molecule has 2 heteroatoms. The van der Waals surface area contributed by atoms with Gasteiger partial charge in [-0.1, -0.05) is 24.3 Å². The average Bonchev–Trinajstić information content (AvgIpc) is 2.21. The Kier molecular flexibility index (Phi) is 2.06. The number of benzene rings is 1. The van der Waals surface area contributed by atoms with Crippen LogP contribution in [0, 0.1) is 0 Å². The molecule has 0 aromatic heterocycles. The third kappa shape index (κ3) is 1.87. The summed E-state index contributed by atoms with van der Waals surface area (Å²) in [5, 5.41) is 0. The Morgan fingerprint density at radius 2 is 1.77 bits per heavy atom. The second kappa shape index (κ2) is 3.09. The first-order chi connectivity index (χ1) is 6.17. The van der Waals surface area contributed by atoms with Gasteiger partial charge in [-0.3, -0.25) is 0 Å². The first-order valence-electron chi connectivity index (χ1n) is 4.62. The van der Waals surface area contributed by atoms with Crippen LogP contribution in [0.15, 0.2) is 24.3 Å². The predicted molar refractivity (Wildman–Crippen MR) is 48.0 cm³/mol. The van der Waals surface area contributed by atoms with Gasteiger partial charge in [0.25, 0.3) is 5.92 Å². The molecule has 0 radical (unpaired) electrons. The monoisotopic (exact) mass is 182 g/mol. The van der Waals surface area contributed by atoms with Crippen LogP contribution < -0.4 is 0 Å². The molecule has 0 aliphatic heterocycles. The second-order valence-corrected chi connectivity index (χ2v) is 3.65. The van der Waals surface area contributed by atoms with Crippen molar-refractivity contribution in [1.29, 1.82) is 0 Å². The summed E-state index contributed by atoms with van der Waals surface area (Å²) in [7, 11) is 0. The van der Waals surface area contributed by atoms with E-state index in [-0.39, 0.29) is 12.8 Å². The average molecular weight is 182 g/mol. The van der Waals surface area contributed by atoms with Crippen LogP contribution in [0.1, 0.15) is 24.0 Å². The highest BCUT2D eigenvalue weighted by atomic mass is 19.3. The quantitative estimate of drug-likeness (QED) is 0.540. The maximum absolute atomic E-state index is 13.1. The van der Waals surface area contributed by atoms with Crippen LogP contribution in [-0.2, 0) is 12.8 Å². The Morgan fingerprint density at radius 1 is 1.08 bits per heavy atom. The lowest BCUT2D eigenvalue weighted by molar-refractivity contribution is -0.00643. The van der Waals surface area contributed by atoms with Gasteiger partial charge >= 0.3 is 0 Å². The molecular weight excluding hydrogens is 170 g/mol. The lowest BCUT2D eigenvalue weighted by atomic mass is 10.0. The van der Waals surface area contributed by atoms with Crippen molar-refractivity contribution in [2.24, 2.45) is 0 Å². The van der Waals surface area contributed by atoms with Crippen molar-refractivity contribution in [3.8, 4) is 0 Å². The van der Waals surface area contributed by atoms with E-state index in [1.807, 2.05) is 24.3 Å². The summed E-state index contributed by atoms with van der Waals surface area (Å²) in [5.41, 5.74) is 1.92. The summed E-state index contributed by atoms with van der Waals surface area (Å²) in [6.45, 7) is 0. The third-order valence-corrected chi connectivity index (χ3v) is 2.56. The zero-order chi connectivity index (χ0) is 9.31. The normalized spacial score (nSPS) is 20.5. The summed E-state index contributed by atoms with van der Waals surface area (Å²) in [5.74, 6) is -2.49. The molecule has 0 bridgehead atoms. The van der Waals surface area contributed by atoms with Crippen molar-refractivity contribution in [2.45, 2.75) is 31.6 Å². The Morgan fingerprint density at radius 3 is 2.54 bits per heavy atom. The van der Waals surface area contributed by atoms with E-state index in [0.29, 0.717) is 6.42 Å². The minimum absolute atomic E-state index is 0.0294. The fourth-order valence-electron chi connectivity index (χ4n) is 1.88. The molecule has 0 nitrogen and oxygen atoms in total. The number of alkyl halides is 2. The molecular formula is C11H12F2. The molecule has 0 fully saturated rings. The molecule has 0 heterocycles. The number of hydrogen-bond acceptors (Lipinski definition) is 0. The number of aryl methyl sites for hydroxylation is 1. The molecule has 0 N–H and O–H groups in total. The zero-order valence-corrected chi connectivity index (χ0v) is 7.39. The van der Waals surface area contributed by atoms with Gasteiger partial charge in [0, 0.05) is 12.8 Å². The van der Waals surface area contributed by atoms with Crippen LogP contribution in [0.5, 0.6) is 0 Å². The van der Waals surface area contributed by atoms with E-state index < -0.39 is 5.92 Å². The molecule has 1 aromatic rings. The van der Waals surface area contributed by atoms with Gasteiger partial charge in [-0.05, 0) is 24.0 Å². The Hall–Kier alpha value is -0.920. The lowest BCUT2D eigenvalue weighted by Gasteiger charge is -2.12.